The number of ketones is 1. The van der Waals surface area contributed by atoms with Crippen LogP contribution in [0.1, 0.15) is 58.3 Å². The van der Waals surface area contributed by atoms with E-state index in [0.717, 1.165) is 38.5 Å². The summed E-state index contributed by atoms with van der Waals surface area (Å²) in [6, 6.07) is 0. The molecule has 0 amide bonds. The lowest BCUT2D eigenvalue weighted by Gasteiger charge is -2.27. The number of carboxylic acids is 1. The highest BCUT2D eigenvalue weighted by molar-refractivity contribution is 6.26. The first kappa shape index (κ1) is 14.3. The van der Waals surface area contributed by atoms with Crippen molar-refractivity contribution in [3.8, 4) is 0 Å². The Morgan fingerprint density at radius 2 is 1.71 bits per heavy atom. The van der Waals surface area contributed by atoms with E-state index < -0.39 is 11.3 Å². The third kappa shape index (κ3) is 4.17. The minimum atomic E-state index is -1.08. The second-order valence-corrected chi connectivity index (χ2v) is 5.26. The van der Waals surface area contributed by atoms with Crippen molar-refractivity contribution in [1.29, 1.82) is 0 Å². The van der Waals surface area contributed by atoms with Gasteiger partial charge in [-0.2, -0.15) is 0 Å². The van der Waals surface area contributed by atoms with Crippen LogP contribution in [0.3, 0.4) is 0 Å². The van der Waals surface area contributed by atoms with Gasteiger partial charge in [0.05, 0.1) is 7.85 Å². The Morgan fingerprint density at radius 3 is 2.29 bits per heavy atom. The van der Waals surface area contributed by atoms with Crippen molar-refractivity contribution in [1.82, 2.24) is 0 Å². The molecule has 0 aromatic heterocycles. The SMILES string of the molecule is [B]C1(C(=O)O)CCCCCC(C(C)=O)CCC1. The highest BCUT2D eigenvalue weighted by Crippen LogP contribution is 2.37. The van der Waals surface area contributed by atoms with Crippen LogP contribution >= 0.6 is 0 Å². The van der Waals surface area contributed by atoms with Crippen molar-refractivity contribution in [3.05, 3.63) is 0 Å². The Morgan fingerprint density at radius 1 is 1.12 bits per heavy atom. The summed E-state index contributed by atoms with van der Waals surface area (Å²) in [6.45, 7) is 1.63. The van der Waals surface area contributed by atoms with Crippen LogP contribution in [-0.2, 0) is 9.59 Å². The average molecular weight is 236 g/mol. The molecule has 1 N–H and O–H groups in total. The van der Waals surface area contributed by atoms with Crippen molar-refractivity contribution >= 4 is 19.6 Å². The number of carboxylic acid groups (broad SMARTS) is 1. The van der Waals surface area contributed by atoms with Gasteiger partial charge in [-0.15, -0.1) is 0 Å². The summed E-state index contributed by atoms with van der Waals surface area (Å²) in [6.07, 6.45) is 6.29. The molecule has 0 spiro atoms. The topological polar surface area (TPSA) is 54.4 Å². The van der Waals surface area contributed by atoms with E-state index >= 15 is 0 Å². The van der Waals surface area contributed by atoms with Crippen molar-refractivity contribution in [2.45, 2.75) is 63.6 Å². The molecule has 1 rings (SSSR count). The summed E-state index contributed by atoms with van der Waals surface area (Å²) >= 11 is 0. The maximum atomic E-state index is 11.4. The molecular weight excluding hydrogens is 215 g/mol. The third-order valence-corrected chi connectivity index (χ3v) is 3.85. The van der Waals surface area contributed by atoms with Crippen LogP contribution in [0.15, 0.2) is 0 Å². The highest BCUT2D eigenvalue weighted by atomic mass is 16.4. The van der Waals surface area contributed by atoms with Crippen LogP contribution < -0.4 is 0 Å². The predicted octanol–water partition coefficient (Wildman–Crippen LogP) is 2.74. The number of carbonyl (C=O) groups is 2. The Balaban J connectivity index is 2.62. The molecule has 1 aliphatic rings. The fourth-order valence-corrected chi connectivity index (χ4v) is 2.56. The van der Waals surface area contributed by atoms with Gasteiger partial charge in [-0.3, -0.25) is 9.59 Å². The number of hydrogen-bond donors (Lipinski definition) is 1. The minimum absolute atomic E-state index is 0.103. The van der Waals surface area contributed by atoms with Crippen molar-refractivity contribution in [2.24, 2.45) is 5.92 Å². The smallest absolute Gasteiger partial charge is 0.300 e. The molecule has 2 unspecified atom stereocenters. The normalized spacial score (nSPS) is 31.7. The fraction of sp³-hybridized carbons (Fsp3) is 0.846. The fourth-order valence-electron chi connectivity index (χ4n) is 2.56. The zero-order valence-corrected chi connectivity index (χ0v) is 10.6. The molecule has 0 bridgehead atoms. The average Bonchev–Trinajstić information content (AvgIpc) is 2.26. The standard InChI is InChI=1S/C13H21BO3/c1-10(15)11-6-3-2-4-8-13(14,12(16)17)9-5-7-11/h11H,2-9H2,1H3,(H,16,17). The third-order valence-electron chi connectivity index (χ3n) is 3.85. The first-order chi connectivity index (χ1) is 7.96. The van der Waals surface area contributed by atoms with Gasteiger partial charge in [0.25, 0.3) is 0 Å². The minimum Gasteiger partial charge on any atom is -0.481 e. The molecule has 0 aromatic rings. The summed E-state index contributed by atoms with van der Waals surface area (Å²) in [4.78, 5) is 22.6. The van der Waals surface area contributed by atoms with Gasteiger partial charge in [-0.25, -0.2) is 0 Å². The van der Waals surface area contributed by atoms with Crippen LogP contribution in [0.4, 0.5) is 0 Å². The summed E-state index contributed by atoms with van der Waals surface area (Å²) in [7, 11) is 5.93. The molecule has 17 heavy (non-hydrogen) atoms. The number of rotatable bonds is 2. The molecule has 0 saturated heterocycles. The van der Waals surface area contributed by atoms with E-state index in [4.69, 9.17) is 13.0 Å². The van der Waals surface area contributed by atoms with E-state index in [1.165, 1.54) is 0 Å². The van der Waals surface area contributed by atoms with Gasteiger partial charge in [0.15, 0.2) is 0 Å². The van der Waals surface area contributed by atoms with E-state index in [2.05, 4.69) is 0 Å². The van der Waals surface area contributed by atoms with Gasteiger partial charge in [0, 0.05) is 11.2 Å². The summed E-state index contributed by atoms with van der Waals surface area (Å²) in [5, 5.41) is 8.07. The van der Waals surface area contributed by atoms with E-state index in [0.29, 0.717) is 12.8 Å². The first-order valence-electron chi connectivity index (χ1n) is 6.48. The molecule has 3 nitrogen and oxygen atoms in total. The Labute approximate surface area is 104 Å². The lowest BCUT2D eigenvalue weighted by atomic mass is 9.62. The Hall–Kier alpha value is -0.795. The monoisotopic (exact) mass is 236 g/mol. The quantitative estimate of drug-likeness (QED) is 0.750. The number of hydrogen-bond acceptors (Lipinski definition) is 2. The van der Waals surface area contributed by atoms with Gasteiger partial charge >= 0.3 is 5.97 Å². The van der Waals surface area contributed by atoms with Crippen molar-refractivity contribution in [3.63, 3.8) is 0 Å². The summed E-state index contributed by atoms with van der Waals surface area (Å²) in [5.41, 5.74) is 0. The summed E-state index contributed by atoms with van der Waals surface area (Å²) in [5.74, 6) is -0.577. The van der Waals surface area contributed by atoms with Crippen LogP contribution in [0, 0.1) is 5.92 Å². The number of aliphatic carboxylic acids is 1. The molecule has 1 aliphatic carbocycles. The van der Waals surface area contributed by atoms with E-state index in [1.807, 2.05) is 0 Å². The van der Waals surface area contributed by atoms with Crippen LogP contribution in [0.2, 0.25) is 5.31 Å². The van der Waals surface area contributed by atoms with Gasteiger partial charge < -0.3 is 5.11 Å². The lowest BCUT2D eigenvalue weighted by molar-refractivity contribution is -0.141. The van der Waals surface area contributed by atoms with Crippen molar-refractivity contribution in [2.75, 3.05) is 0 Å². The van der Waals surface area contributed by atoms with Crippen molar-refractivity contribution < 1.29 is 14.7 Å². The number of Topliss-reactive ketones (excluding diaryl/α,β-unsaturated/α-hetero) is 1. The Bertz CT molecular complexity index is 290. The molecule has 0 aromatic carbocycles. The molecule has 1 saturated carbocycles. The molecule has 1 fully saturated rings. The largest absolute Gasteiger partial charge is 0.481 e. The Kier molecular flexibility index (Phi) is 5.22. The zero-order chi connectivity index (χ0) is 12.9. The molecule has 4 heteroatoms. The second-order valence-electron chi connectivity index (χ2n) is 5.26. The van der Waals surface area contributed by atoms with Gasteiger partial charge in [-0.1, -0.05) is 25.7 Å². The molecular formula is C13H21BO3. The van der Waals surface area contributed by atoms with E-state index in [9.17, 15) is 9.59 Å². The van der Waals surface area contributed by atoms with Crippen LogP contribution in [0.5, 0.6) is 0 Å². The van der Waals surface area contributed by atoms with Crippen LogP contribution in [-0.4, -0.2) is 24.7 Å². The summed E-state index contributed by atoms with van der Waals surface area (Å²) < 4.78 is 0. The number of carbonyl (C=O) groups excluding carboxylic acids is 1. The second kappa shape index (κ2) is 6.22. The lowest BCUT2D eigenvalue weighted by Crippen LogP contribution is -2.25. The maximum absolute atomic E-state index is 11.4. The zero-order valence-electron chi connectivity index (χ0n) is 10.6. The molecule has 94 valence electrons. The van der Waals surface area contributed by atoms with Gasteiger partial charge in [0.2, 0.25) is 0 Å². The first-order valence-corrected chi connectivity index (χ1v) is 6.48. The van der Waals surface area contributed by atoms with Gasteiger partial charge in [-0.05, 0) is 32.6 Å². The van der Waals surface area contributed by atoms with Crippen LogP contribution in [0.25, 0.3) is 0 Å². The maximum Gasteiger partial charge on any atom is 0.300 e. The highest BCUT2D eigenvalue weighted by Gasteiger charge is 2.32. The molecule has 2 radical (unpaired) electrons. The molecule has 2 atom stereocenters. The van der Waals surface area contributed by atoms with E-state index in [1.54, 1.807) is 6.92 Å². The predicted molar refractivity (Wildman–Crippen MR) is 67.2 cm³/mol. The molecule has 0 heterocycles. The van der Waals surface area contributed by atoms with Gasteiger partial charge in [0.1, 0.15) is 5.78 Å². The molecule has 0 aliphatic heterocycles. The van der Waals surface area contributed by atoms with E-state index in [-0.39, 0.29) is 11.7 Å².